The Bertz CT molecular complexity index is 1310. The number of nitrogens with one attached hydrogen (secondary N) is 2. The van der Waals surface area contributed by atoms with Gasteiger partial charge >= 0.3 is 29.8 Å². The third-order valence-electron chi connectivity index (χ3n) is 9.45. The Balaban J connectivity index is 4.54. The maximum absolute atomic E-state index is 12.6. The predicted octanol–water partition coefficient (Wildman–Crippen LogP) is 4.70. The minimum Gasteiger partial charge on any atom is -0.481 e. The highest BCUT2D eigenvalue weighted by Crippen LogP contribution is 2.18. The van der Waals surface area contributed by atoms with Crippen molar-refractivity contribution in [1.82, 2.24) is 10.6 Å². The number of hydrogen-bond acceptors (Lipinski definition) is 10. The molecular formula is C39H62N2O15. The minimum absolute atomic E-state index is 0.0336. The summed E-state index contributed by atoms with van der Waals surface area (Å²) in [5, 5.41) is 51.2. The lowest BCUT2D eigenvalue weighted by Crippen LogP contribution is -2.41. The van der Waals surface area contributed by atoms with Crippen LogP contribution in [0.5, 0.6) is 0 Å². The first-order valence-electron chi connectivity index (χ1n) is 19.7. The van der Waals surface area contributed by atoms with E-state index >= 15 is 0 Å². The lowest BCUT2D eigenvalue weighted by molar-refractivity contribution is -0.145. The molecule has 0 saturated heterocycles. The van der Waals surface area contributed by atoms with Crippen LogP contribution in [0.3, 0.4) is 0 Å². The number of carbonyl (C=O) groups is 10. The topological polar surface area (TPSA) is 296 Å². The molecule has 4 atom stereocenters. The molecule has 2 amide bonds. The van der Waals surface area contributed by atoms with Crippen molar-refractivity contribution in [1.29, 1.82) is 0 Å². The van der Waals surface area contributed by atoms with Crippen molar-refractivity contribution in [3.05, 3.63) is 0 Å². The van der Waals surface area contributed by atoms with Gasteiger partial charge in [-0.3, -0.25) is 33.6 Å². The second-order valence-electron chi connectivity index (χ2n) is 14.5. The van der Waals surface area contributed by atoms with Crippen LogP contribution in [0.25, 0.3) is 0 Å². The molecule has 56 heavy (non-hydrogen) atoms. The average molecular weight is 799 g/mol. The van der Waals surface area contributed by atoms with Crippen LogP contribution < -0.4 is 10.6 Å². The van der Waals surface area contributed by atoms with Gasteiger partial charge in [0.05, 0.1) is 11.8 Å². The number of carbonyl (C=O) groups excluding carboxylic acids is 5. The van der Waals surface area contributed by atoms with E-state index in [4.69, 9.17) is 5.11 Å². The molecule has 0 spiro atoms. The molecule has 0 aromatic rings. The third kappa shape index (κ3) is 27.8. The molecule has 7 N–H and O–H groups in total. The van der Waals surface area contributed by atoms with E-state index in [2.05, 4.69) is 10.6 Å². The fourth-order valence-electron chi connectivity index (χ4n) is 6.05. The summed E-state index contributed by atoms with van der Waals surface area (Å²) < 4.78 is 0. The Labute approximate surface area is 327 Å². The average Bonchev–Trinajstić information content (AvgIpc) is 3.11. The Morgan fingerprint density at radius 1 is 0.393 bits per heavy atom. The molecule has 318 valence electrons. The highest BCUT2D eigenvalue weighted by Gasteiger charge is 2.28. The normalized spacial score (nSPS) is 13.1. The molecule has 0 aliphatic rings. The van der Waals surface area contributed by atoms with Crippen molar-refractivity contribution in [2.24, 2.45) is 11.8 Å². The summed E-state index contributed by atoms with van der Waals surface area (Å²) in [7, 11) is 0. The van der Waals surface area contributed by atoms with Gasteiger partial charge in [-0.1, -0.05) is 64.2 Å². The molecule has 0 unspecified atom stereocenters. The molecule has 0 fully saturated rings. The Morgan fingerprint density at radius 3 is 1.07 bits per heavy atom. The van der Waals surface area contributed by atoms with Crippen LogP contribution in [-0.2, 0) is 47.9 Å². The van der Waals surface area contributed by atoms with Crippen LogP contribution in [0.2, 0.25) is 0 Å². The van der Waals surface area contributed by atoms with Crippen molar-refractivity contribution in [3.8, 4) is 0 Å². The van der Waals surface area contributed by atoms with Gasteiger partial charge in [0.1, 0.15) is 29.4 Å². The quantitative estimate of drug-likeness (QED) is 0.0419. The number of unbranched alkanes of at least 4 members (excludes halogenated alkanes) is 11. The Hall–Kier alpha value is -4.70. The summed E-state index contributed by atoms with van der Waals surface area (Å²) in [6, 6.07) is -2.88. The van der Waals surface area contributed by atoms with E-state index in [1.807, 2.05) is 0 Å². The van der Waals surface area contributed by atoms with E-state index in [-0.39, 0.29) is 63.6 Å². The fourth-order valence-corrected chi connectivity index (χ4v) is 6.05. The van der Waals surface area contributed by atoms with Crippen molar-refractivity contribution in [2.75, 3.05) is 0 Å². The van der Waals surface area contributed by atoms with Crippen LogP contribution in [0.1, 0.15) is 161 Å². The van der Waals surface area contributed by atoms with Crippen molar-refractivity contribution in [2.45, 2.75) is 173 Å². The highest BCUT2D eigenvalue weighted by atomic mass is 16.4. The van der Waals surface area contributed by atoms with Gasteiger partial charge in [-0.05, 0) is 45.4 Å². The highest BCUT2D eigenvalue weighted by molar-refractivity contribution is 5.88. The summed E-state index contributed by atoms with van der Waals surface area (Å²) in [6.45, 7) is 1.28. The van der Waals surface area contributed by atoms with E-state index in [1.54, 1.807) is 0 Å². The van der Waals surface area contributed by atoms with Gasteiger partial charge in [0.15, 0.2) is 0 Å². The molecule has 0 aromatic heterocycles. The van der Waals surface area contributed by atoms with Gasteiger partial charge in [-0.2, -0.15) is 0 Å². The first kappa shape index (κ1) is 51.3. The summed E-state index contributed by atoms with van der Waals surface area (Å²) in [6.07, 6.45) is 8.76. The number of amides is 2. The lowest BCUT2D eigenvalue weighted by atomic mass is 9.93. The zero-order chi connectivity index (χ0) is 42.5. The SMILES string of the molecule is CC(=O)CC[C@H](CC(=O)CC[C@H](NC(=O)CC[C@H](CC(=O)CC[C@H](NC(=O)CCCCCCCCCCCCCCC(=O)O)C(=O)O)C(=O)O)C(=O)O)C(=O)O. The minimum atomic E-state index is -1.53. The molecule has 0 saturated carbocycles. The number of rotatable bonds is 37. The van der Waals surface area contributed by atoms with Crippen LogP contribution >= 0.6 is 0 Å². The maximum atomic E-state index is 12.6. The standard InChI is InChI=1S/C39H62N2O15/c1-26(42)16-17-27(36(49)50)24-29(43)20-22-32(39(55)56)41-34(46)23-18-28(37(51)52)25-30(44)19-21-31(38(53)54)40-33(45)14-12-10-8-6-4-2-3-5-7-9-11-13-15-35(47)48/h27-28,31-32H,2-25H2,1H3,(H,40,45)(H,41,46)(H,47,48)(H,49,50)(H,51,52)(H,53,54)(H,55,56)/t27-,28-,31+,32+/m1/s1. The second-order valence-corrected chi connectivity index (χ2v) is 14.5. The van der Waals surface area contributed by atoms with Gasteiger partial charge < -0.3 is 41.0 Å². The van der Waals surface area contributed by atoms with Gasteiger partial charge in [0.25, 0.3) is 0 Å². The fraction of sp³-hybridized carbons (Fsp3) is 0.744. The monoisotopic (exact) mass is 798 g/mol. The number of ketones is 3. The summed E-state index contributed by atoms with van der Waals surface area (Å²) in [4.78, 5) is 118. The van der Waals surface area contributed by atoms with Crippen LogP contribution in [0, 0.1) is 11.8 Å². The predicted molar refractivity (Wildman–Crippen MR) is 201 cm³/mol. The van der Waals surface area contributed by atoms with E-state index in [9.17, 15) is 68.4 Å². The van der Waals surface area contributed by atoms with E-state index in [0.717, 1.165) is 70.6 Å². The first-order valence-corrected chi connectivity index (χ1v) is 19.7. The van der Waals surface area contributed by atoms with Crippen LogP contribution in [0.15, 0.2) is 0 Å². The van der Waals surface area contributed by atoms with Crippen molar-refractivity contribution >= 4 is 59.0 Å². The number of hydrogen-bond donors (Lipinski definition) is 7. The van der Waals surface area contributed by atoms with Gasteiger partial charge in [-0.25, -0.2) is 9.59 Å². The number of Topliss-reactive ketones (excluding diaryl/α,β-unsaturated/α-hetero) is 3. The Kier molecular flexibility index (Phi) is 28.0. The zero-order valence-electron chi connectivity index (χ0n) is 32.6. The number of carboxylic acid groups (broad SMARTS) is 5. The van der Waals surface area contributed by atoms with Crippen molar-refractivity contribution in [3.63, 3.8) is 0 Å². The molecular weight excluding hydrogens is 736 g/mol. The molecule has 0 radical (unpaired) electrons. The molecule has 17 nitrogen and oxygen atoms in total. The molecule has 17 heteroatoms. The smallest absolute Gasteiger partial charge is 0.326 e. The summed E-state index contributed by atoms with van der Waals surface area (Å²) >= 11 is 0. The van der Waals surface area contributed by atoms with E-state index in [1.165, 1.54) is 6.92 Å². The first-order chi connectivity index (χ1) is 26.4. The third-order valence-corrected chi connectivity index (χ3v) is 9.45. The molecule has 0 rings (SSSR count). The number of aliphatic carboxylic acids is 5. The molecule has 0 bridgehead atoms. The van der Waals surface area contributed by atoms with E-state index in [0.29, 0.717) is 6.42 Å². The Morgan fingerprint density at radius 2 is 0.732 bits per heavy atom. The molecule has 0 aliphatic heterocycles. The zero-order valence-corrected chi connectivity index (χ0v) is 32.6. The largest absolute Gasteiger partial charge is 0.481 e. The molecule has 0 aliphatic carbocycles. The summed E-state index contributed by atoms with van der Waals surface area (Å²) in [5.74, 6) is -11.4. The maximum Gasteiger partial charge on any atom is 0.326 e. The lowest BCUT2D eigenvalue weighted by Gasteiger charge is -2.17. The molecule has 0 aromatic carbocycles. The number of carboxylic acids is 5. The van der Waals surface area contributed by atoms with Crippen LogP contribution in [0.4, 0.5) is 0 Å². The van der Waals surface area contributed by atoms with Crippen LogP contribution in [-0.4, -0.2) is 96.6 Å². The van der Waals surface area contributed by atoms with Gasteiger partial charge in [0, 0.05) is 51.4 Å². The van der Waals surface area contributed by atoms with Gasteiger partial charge in [-0.15, -0.1) is 0 Å². The molecule has 0 heterocycles. The summed E-state index contributed by atoms with van der Waals surface area (Å²) in [5.41, 5.74) is 0. The van der Waals surface area contributed by atoms with Crippen molar-refractivity contribution < 1.29 is 73.5 Å². The second kappa shape index (κ2) is 30.5. The van der Waals surface area contributed by atoms with Gasteiger partial charge in [0.2, 0.25) is 11.8 Å². The van der Waals surface area contributed by atoms with E-state index < -0.39 is 96.4 Å².